The van der Waals surface area contributed by atoms with Crippen molar-refractivity contribution in [2.75, 3.05) is 5.32 Å². The van der Waals surface area contributed by atoms with Crippen LogP contribution in [0.5, 0.6) is 0 Å². The third kappa shape index (κ3) is 3.81. The van der Waals surface area contributed by atoms with E-state index in [0.29, 0.717) is 18.0 Å². The molecular formula is C22H22N4O2. The molecule has 3 aromatic heterocycles. The number of aromatic nitrogens is 3. The van der Waals surface area contributed by atoms with Gasteiger partial charge in [0.1, 0.15) is 5.76 Å². The number of anilines is 1. The predicted octanol–water partition coefficient (Wildman–Crippen LogP) is 4.80. The summed E-state index contributed by atoms with van der Waals surface area (Å²) in [6, 6.07) is 14.0. The minimum Gasteiger partial charge on any atom is -0.360 e. The zero-order valence-corrected chi connectivity index (χ0v) is 16.0. The topological polar surface area (TPSA) is 83.8 Å². The fourth-order valence-corrected chi connectivity index (χ4v) is 3.41. The Balaban J connectivity index is 1.53. The zero-order chi connectivity index (χ0) is 19.5. The van der Waals surface area contributed by atoms with Crippen molar-refractivity contribution in [1.82, 2.24) is 15.1 Å². The van der Waals surface area contributed by atoms with Crippen molar-refractivity contribution in [2.24, 2.45) is 0 Å². The Hall–Kier alpha value is -3.41. The molecule has 4 aromatic rings. The minimum absolute atomic E-state index is 0.0660. The van der Waals surface area contributed by atoms with Gasteiger partial charge in [-0.15, -0.1) is 0 Å². The zero-order valence-electron chi connectivity index (χ0n) is 16.0. The number of rotatable bonds is 6. The molecule has 0 saturated heterocycles. The van der Waals surface area contributed by atoms with Crippen molar-refractivity contribution < 1.29 is 9.32 Å². The SMILES string of the molecule is Cc1ccc2[nH]c(-c3ccccn3)c(CCCC(=O)Nc3cc(C)on3)c2c1. The molecule has 0 aliphatic carbocycles. The number of carbonyl (C=O) groups is 1. The second-order valence-corrected chi connectivity index (χ2v) is 6.97. The lowest BCUT2D eigenvalue weighted by atomic mass is 10.0. The lowest BCUT2D eigenvalue weighted by Crippen LogP contribution is -2.11. The van der Waals surface area contributed by atoms with E-state index in [2.05, 4.69) is 45.6 Å². The molecule has 1 amide bonds. The fraction of sp³-hybridized carbons (Fsp3) is 0.227. The fourth-order valence-electron chi connectivity index (χ4n) is 3.41. The Morgan fingerprint density at radius 2 is 2.07 bits per heavy atom. The number of nitrogens with zero attached hydrogens (tertiary/aromatic N) is 2. The highest BCUT2D eigenvalue weighted by Crippen LogP contribution is 2.31. The van der Waals surface area contributed by atoms with Gasteiger partial charge >= 0.3 is 0 Å². The first-order valence-electron chi connectivity index (χ1n) is 9.36. The average Bonchev–Trinajstić information content (AvgIpc) is 3.26. The summed E-state index contributed by atoms with van der Waals surface area (Å²) in [6.07, 6.45) is 3.71. The van der Waals surface area contributed by atoms with E-state index >= 15 is 0 Å². The number of aromatic amines is 1. The van der Waals surface area contributed by atoms with Crippen LogP contribution < -0.4 is 5.32 Å². The van der Waals surface area contributed by atoms with Gasteiger partial charge in [-0.2, -0.15) is 0 Å². The molecule has 142 valence electrons. The van der Waals surface area contributed by atoms with Crippen LogP contribution in [0.1, 0.15) is 29.7 Å². The van der Waals surface area contributed by atoms with Crippen molar-refractivity contribution >= 4 is 22.6 Å². The van der Waals surface area contributed by atoms with Gasteiger partial charge in [-0.05, 0) is 56.5 Å². The van der Waals surface area contributed by atoms with Gasteiger partial charge in [0.05, 0.1) is 11.4 Å². The van der Waals surface area contributed by atoms with E-state index in [1.54, 1.807) is 19.2 Å². The molecule has 28 heavy (non-hydrogen) atoms. The van der Waals surface area contributed by atoms with E-state index in [1.807, 2.05) is 18.2 Å². The molecule has 0 unspecified atom stereocenters. The van der Waals surface area contributed by atoms with Crippen LogP contribution in [0, 0.1) is 13.8 Å². The van der Waals surface area contributed by atoms with Crippen LogP contribution in [0.25, 0.3) is 22.3 Å². The van der Waals surface area contributed by atoms with Crippen molar-refractivity contribution in [1.29, 1.82) is 0 Å². The van der Waals surface area contributed by atoms with E-state index in [4.69, 9.17) is 4.52 Å². The molecular weight excluding hydrogens is 352 g/mol. The number of aryl methyl sites for hydroxylation is 3. The summed E-state index contributed by atoms with van der Waals surface area (Å²) in [5.74, 6) is 1.06. The molecule has 4 rings (SSSR count). The third-order valence-electron chi connectivity index (χ3n) is 4.71. The van der Waals surface area contributed by atoms with Gasteiger partial charge in [-0.1, -0.05) is 22.9 Å². The molecule has 6 nitrogen and oxygen atoms in total. The molecule has 0 aliphatic heterocycles. The number of pyridine rings is 1. The van der Waals surface area contributed by atoms with E-state index in [-0.39, 0.29) is 5.91 Å². The Bertz CT molecular complexity index is 1110. The lowest BCUT2D eigenvalue weighted by Gasteiger charge is -2.05. The Labute approximate surface area is 163 Å². The number of amides is 1. The van der Waals surface area contributed by atoms with E-state index in [0.717, 1.165) is 29.7 Å². The van der Waals surface area contributed by atoms with Crippen LogP contribution in [0.15, 0.2) is 53.2 Å². The maximum absolute atomic E-state index is 12.2. The molecule has 0 saturated carbocycles. The first-order chi connectivity index (χ1) is 13.6. The second-order valence-electron chi connectivity index (χ2n) is 6.97. The summed E-state index contributed by atoms with van der Waals surface area (Å²) in [6.45, 7) is 3.88. The van der Waals surface area contributed by atoms with Gasteiger partial charge in [-0.3, -0.25) is 9.78 Å². The van der Waals surface area contributed by atoms with Crippen LogP contribution >= 0.6 is 0 Å². The van der Waals surface area contributed by atoms with E-state index in [9.17, 15) is 4.79 Å². The Kier molecular flexibility index (Phi) is 4.93. The first kappa shape index (κ1) is 18.0. The summed E-state index contributed by atoms with van der Waals surface area (Å²) in [5, 5.41) is 7.76. The minimum atomic E-state index is -0.0660. The molecule has 0 radical (unpaired) electrons. The standard InChI is InChI=1S/C22H22N4O2/c1-14-9-10-18-17(12-14)16(22(24-18)19-7-3-4-11-23-19)6-5-8-21(27)25-20-13-15(2)28-26-20/h3-4,7,9-13,24H,5-6,8H2,1-2H3,(H,25,26,27). The molecule has 0 bridgehead atoms. The van der Waals surface area contributed by atoms with Crippen molar-refractivity contribution in [3.8, 4) is 11.4 Å². The van der Waals surface area contributed by atoms with Crippen LogP contribution in [-0.2, 0) is 11.2 Å². The maximum atomic E-state index is 12.2. The van der Waals surface area contributed by atoms with Gasteiger partial charge in [-0.25, -0.2) is 0 Å². The van der Waals surface area contributed by atoms with Gasteiger partial charge in [0.15, 0.2) is 5.82 Å². The van der Waals surface area contributed by atoms with Crippen molar-refractivity contribution in [3.63, 3.8) is 0 Å². The predicted molar refractivity (Wildman–Crippen MR) is 109 cm³/mol. The molecule has 0 aliphatic rings. The highest BCUT2D eigenvalue weighted by atomic mass is 16.5. The summed E-state index contributed by atoms with van der Waals surface area (Å²) >= 11 is 0. The molecule has 0 fully saturated rings. The molecule has 6 heteroatoms. The van der Waals surface area contributed by atoms with Crippen molar-refractivity contribution in [3.05, 3.63) is 65.5 Å². The Morgan fingerprint density at radius 1 is 1.18 bits per heavy atom. The van der Waals surface area contributed by atoms with Crippen LogP contribution in [0.2, 0.25) is 0 Å². The molecule has 0 spiro atoms. The van der Waals surface area contributed by atoms with Gasteiger partial charge < -0.3 is 14.8 Å². The molecule has 2 N–H and O–H groups in total. The average molecular weight is 374 g/mol. The first-order valence-corrected chi connectivity index (χ1v) is 9.36. The number of benzene rings is 1. The highest BCUT2D eigenvalue weighted by Gasteiger charge is 2.15. The normalized spacial score (nSPS) is 11.1. The smallest absolute Gasteiger partial charge is 0.225 e. The van der Waals surface area contributed by atoms with Crippen LogP contribution in [-0.4, -0.2) is 21.0 Å². The van der Waals surface area contributed by atoms with Crippen LogP contribution in [0.3, 0.4) is 0 Å². The monoisotopic (exact) mass is 374 g/mol. The van der Waals surface area contributed by atoms with Crippen LogP contribution in [0.4, 0.5) is 5.82 Å². The number of hydrogen-bond acceptors (Lipinski definition) is 4. The van der Waals surface area contributed by atoms with Crippen molar-refractivity contribution in [2.45, 2.75) is 33.1 Å². The van der Waals surface area contributed by atoms with E-state index < -0.39 is 0 Å². The lowest BCUT2D eigenvalue weighted by molar-refractivity contribution is -0.116. The molecule has 0 atom stereocenters. The number of H-pyrrole nitrogens is 1. The quantitative estimate of drug-likeness (QED) is 0.508. The summed E-state index contributed by atoms with van der Waals surface area (Å²) < 4.78 is 4.98. The van der Waals surface area contributed by atoms with E-state index in [1.165, 1.54) is 16.5 Å². The summed E-state index contributed by atoms with van der Waals surface area (Å²) in [5.41, 5.74) is 5.42. The summed E-state index contributed by atoms with van der Waals surface area (Å²) in [7, 11) is 0. The summed E-state index contributed by atoms with van der Waals surface area (Å²) in [4.78, 5) is 20.2. The maximum Gasteiger partial charge on any atom is 0.225 e. The van der Waals surface area contributed by atoms with Gasteiger partial charge in [0.2, 0.25) is 5.91 Å². The van der Waals surface area contributed by atoms with Gasteiger partial charge in [0.25, 0.3) is 0 Å². The number of hydrogen-bond donors (Lipinski definition) is 2. The molecule has 3 heterocycles. The largest absolute Gasteiger partial charge is 0.360 e. The highest BCUT2D eigenvalue weighted by molar-refractivity contribution is 5.91. The third-order valence-corrected chi connectivity index (χ3v) is 4.71. The number of fused-ring (bicyclic) bond motifs is 1. The number of carbonyl (C=O) groups excluding carboxylic acids is 1. The second kappa shape index (κ2) is 7.68. The Morgan fingerprint density at radius 3 is 2.82 bits per heavy atom. The molecule has 1 aromatic carbocycles. The number of nitrogens with one attached hydrogen (secondary N) is 2. The van der Waals surface area contributed by atoms with Gasteiger partial charge in [0, 0.05) is 29.6 Å².